The number of sulfonamides is 1. The Balaban J connectivity index is 3.04. The van der Waals surface area contributed by atoms with Crippen LogP contribution in [0.4, 0.5) is 0 Å². The summed E-state index contributed by atoms with van der Waals surface area (Å²) >= 11 is 5.93. The van der Waals surface area contributed by atoms with Crippen molar-refractivity contribution in [3.8, 4) is 5.75 Å². The van der Waals surface area contributed by atoms with Gasteiger partial charge in [-0.1, -0.05) is 32.4 Å². The summed E-state index contributed by atoms with van der Waals surface area (Å²) in [6, 6.07) is 4.34. The molecule has 8 heteroatoms. The second-order valence-electron chi connectivity index (χ2n) is 4.82. The summed E-state index contributed by atoms with van der Waals surface area (Å²) in [5.74, 6) is -0.180. The van der Waals surface area contributed by atoms with Crippen molar-refractivity contribution in [1.82, 2.24) is 9.62 Å². The van der Waals surface area contributed by atoms with E-state index in [1.165, 1.54) is 22.5 Å². The number of carbonyl (C=O) groups is 1. The number of hydrogen-bond donors (Lipinski definition) is 1. The van der Waals surface area contributed by atoms with Gasteiger partial charge in [0.1, 0.15) is 10.6 Å². The summed E-state index contributed by atoms with van der Waals surface area (Å²) in [4.78, 5) is 11.6. The van der Waals surface area contributed by atoms with Gasteiger partial charge in [0.05, 0.1) is 0 Å². The summed E-state index contributed by atoms with van der Waals surface area (Å²) in [5, 5.41) is 2.96. The first-order chi connectivity index (χ1) is 10.9. The zero-order valence-electron chi connectivity index (χ0n) is 13.6. The molecular formula is C15H23ClN2O4S. The van der Waals surface area contributed by atoms with Crippen LogP contribution in [0.5, 0.6) is 5.75 Å². The van der Waals surface area contributed by atoms with E-state index in [9.17, 15) is 13.2 Å². The average molecular weight is 363 g/mol. The number of carbonyl (C=O) groups excluding carboxylic acids is 1. The predicted octanol–water partition coefficient (Wildman–Crippen LogP) is 2.28. The Morgan fingerprint density at radius 2 is 1.91 bits per heavy atom. The second kappa shape index (κ2) is 9.10. The zero-order valence-corrected chi connectivity index (χ0v) is 15.2. The zero-order chi connectivity index (χ0) is 17.5. The molecule has 0 radical (unpaired) electrons. The van der Waals surface area contributed by atoms with Gasteiger partial charge in [-0.15, -0.1) is 0 Å². The molecule has 0 bridgehead atoms. The SMILES string of the molecule is CCCNC(=O)COc1ccc(Cl)cc1S(=O)(=O)N(CC)CC. The molecule has 0 aliphatic heterocycles. The van der Waals surface area contributed by atoms with Crippen molar-refractivity contribution < 1.29 is 17.9 Å². The number of rotatable bonds is 9. The summed E-state index contributed by atoms with van der Waals surface area (Å²) in [5.41, 5.74) is 0. The highest BCUT2D eigenvalue weighted by molar-refractivity contribution is 7.89. The van der Waals surface area contributed by atoms with Crippen LogP contribution in [-0.4, -0.2) is 44.9 Å². The van der Waals surface area contributed by atoms with E-state index < -0.39 is 10.0 Å². The third kappa shape index (κ3) is 5.37. The van der Waals surface area contributed by atoms with Crippen LogP contribution in [0.1, 0.15) is 27.2 Å². The van der Waals surface area contributed by atoms with Gasteiger partial charge in [0.25, 0.3) is 5.91 Å². The molecule has 0 atom stereocenters. The lowest BCUT2D eigenvalue weighted by Crippen LogP contribution is -2.32. The molecule has 1 amide bonds. The normalized spacial score (nSPS) is 11.5. The number of ether oxygens (including phenoxy) is 1. The van der Waals surface area contributed by atoms with Crippen molar-refractivity contribution in [3.05, 3.63) is 23.2 Å². The lowest BCUT2D eigenvalue weighted by molar-refractivity contribution is -0.123. The fraction of sp³-hybridized carbons (Fsp3) is 0.533. The van der Waals surface area contributed by atoms with Gasteiger partial charge in [0.15, 0.2) is 6.61 Å². The van der Waals surface area contributed by atoms with Crippen LogP contribution in [0.15, 0.2) is 23.1 Å². The molecule has 0 aliphatic rings. The average Bonchev–Trinajstić information content (AvgIpc) is 2.52. The quantitative estimate of drug-likeness (QED) is 0.731. The Bertz CT molecular complexity index is 630. The minimum Gasteiger partial charge on any atom is -0.482 e. The van der Waals surface area contributed by atoms with Gasteiger partial charge in [0, 0.05) is 24.7 Å². The van der Waals surface area contributed by atoms with Crippen LogP contribution in [0.3, 0.4) is 0 Å². The number of benzene rings is 1. The van der Waals surface area contributed by atoms with Crippen molar-refractivity contribution in [2.45, 2.75) is 32.1 Å². The van der Waals surface area contributed by atoms with E-state index in [1.807, 2.05) is 6.92 Å². The molecule has 0 spiro atoms. The number of amides is 1. The molecule has 1 rings (SSSR count). The summed E-state index contributed by atoms with van der Waals surface area (Å²) in [6.45, 7) is 6.42. The maximum absolute atomic E-state index is 12.7. The Labute approximate surface area is 142 Å². The third-order valence-electron chi connectivity index (χ3n) is 3.16. The van der Waals surface area contributed by atoms with Crippen LogP contribution in [0.25, 0.3) is 0 Å². The Hall–Kier alpha value is -1.31. The smallest absolute Gasteiger partial charge is 0.257 e. The molecule has 0 fully saturated rings. The van der Waals surface area contributed by atoms with Crippen LogP contribution in [0, 0.1) is 0 Å². The van der Waals surface area contributed by atoms with Crippen LogP contribution < -0.4 is 10.1 Å². The van der Waals surface area contributed by atoms with Gasteiger partial charge >= 0.3 is 0 Å². The molecule has 1 aromatic rings. The molecule has 0 unspecified atom stereocenters. The van der Waals surface area contributed by atoms with Crippen molar-refractivity contribution >= 4 is 27.5 Å². The topological polar surface area (TPSA) is 75.7 Å². The number of nitrogens with zero attached hydrogens (tertiary/aromatic N) is 1. The summed E-state index contributed by atoms with van der Waals surface area (Å²) < 4.78 is 32.1. The van der Waals surface area contributed by atoms with Crippen molar-refractivity contribution in [1.29, 1.82) is 0 Å². The maximum Gasteiger partial charge on any atom is 0.257 e. The molecule has 0 saturated heterocycles. The van der Waals surface area contributed by atoms with Crippen molar-refractivity contribution in [2.75, 3.05) is 26.2 Å². The minimum atomic E-state index is -3.73. The summed E-state index contributed by atoms with van der Waals surface area (Å²) in [7, 11) is -3.73. The fourth-order valence-electron chi connectivity index (χ4n) is 1.96. The van der Waals surface area contributed by atoms with E-state index in [0.29, 0.717) is 24.7 Å². The van der Waals surface area contributed by atoms with Gasteiger partial charge in [-0.05, 0) is 24.6 Å². The Kier molecular flexibility index (Phi) is 7.81. The second-order valence-corrected chi connectivity index (χ2v) is 7.16. The fourth-order valence-corrected chi connectivity index (χ4v) is 3.82. The molecule has 0 heterocycles. The van der Waals surface area contributed by atoms with E-state index in [0.717, 1.165) is 6.42 Å². The van der Waals surface area contributed by atoms with Gasteiger partial charge in [-0.25, -0.2) is 8.42 Å². The molecule has 0 aromatic heterocycles. The van der Waals surface area contributed by atoms with Gasteiger partial charge in [0.2, 0.25) is 10.0 Å². The Morgan fingerprint density at radius 1 is 1.26 bits per heavy atom. The Morgan fingerprint density at radius 3 is 2.48 bits per heavy atom. The highest BCUT2D eigenvalue weighted by Crippen LogP contribution is 2.29. The van der Waals surface area contributed by atoms with Crippen molar-refractivity contribution in [2.24, 2.45) is 0 Å². The van der Waals surface area contributed by atoms with Gasteiger partial charge in [-0.3, -0.25) is 4.79 Å². The van der Waals surface area contributed by atoms with Crippen LogP contribution >= 0.6 is 11.6 Å². The molecule has 1 aromatic carbocycles. The molecular weight excluding hydrogens is 340 g/mol. The number of halogens is 1. The van der Waals surface area contributed by atoms with Crippen molar-refractivity contribution in [3.63, 3.8) is 0 Å². The van der Waals surface area contributed by atoms with E-state index in [1.54, 1.807) is 13.8 Å². The van der Waals surface area contributed by atoms with Gasteiger partial charge in [-0.2, -0.15) is 4.31 Å². The predicted molar refractivity (Wildman–Crippen MR) is 90.4 cm³/mol. The van der Waals surface area contributed by atoms with E-state index in [4.69, 9.17) is 16.3 Å². The van der Waals surface area contributed by atoms with E-state index in [-0.39, 0.29) is 23.2 Å². The molecule has 23 heavy (non-hydrogen) atoms. The standard InChI is InChI=1S/C15H23ClN2O4S/c1-4-9-17-15(19)11-22-13-8-7-12(16)10-14(13)23(20,21)18(5-2)6-3/h7-8,10H,4-6,9,11H2,1-3H3,(H,17,19). The molecule has 0 saturated carbocycles. The lowest BCUT2D eigenvalue weighted by atomic mass is 10.3. The lowest BCUT2D eigenvalue weighted by Gasteiger charge is -2.20. The molecule has 6 nitrogen and oxygen atoms in total. The van der Waals surface area contributed by atoms with E-state index >= 15 is 0 Å². The van der Waals surface area contributed by atoms with Gasteiger partial charge < -0.3 is 10.1 Å². The highest BCUT2D eigenvalue weighted by atomic mass is 35.5. The molecule has 0 aliphatic carbocycles. The molecule has 1 N–H and O–H groups in total. The van der Waals surface area contributed by atoms with E-state index in [2.05, 4.69) is 5.32 Å². The summed E-state index contributed by atoms with van der Waals surface area (Å²) in [6.07, 6.45) is 0.814. The monoisotopic (exact) mass is 362 g/mol. The maximum atomic E-state index is 12.7. The first-order valence-corrected chi connectivity index (χ1v) is 9.37. The largest absolute Gasteiger partial charge is 0.482 e. The number of hydrogen-bond acceptors (Lipinski definition) is 4. The first-order valence-electron chi connectivity index (χ1n) is 7.55. The highest BCUT2D eigenvalue weighted by Gasteiger charge is 2.26. The first kappa shape index (κ1) is 19.7. The van der Waals surface area contributed by atoms with Crippen LogP contribution in [0.2, 0.25) is 5.02 Å². The van der Waals surface area contributed by atoms with Crippen LogP contribution in [-0.2, 0) is 14.8 Å². The third-order valence-corrected chi connectivity index (χ3v) is 5.47. The molecule has 130 valence electrons. The minimum absolute atomic E-state index is 0.0306. The number of nitrogens with one attached hydrogen (secondary N) is 1.